The first-order valence-electron chi connectivity index (χ1n) is 10.0. The summed E-state index contributed by atoms with van der Waals surface area (Å²) < 4.78 is 0. The van der Waals surface area contributed by atoms with Gasteiger partial charge < -0.3 is 0 Å². The molecule has 0 aliphatic heterocycles. The fourth-order valence-corrected chi connectivity index (χ4v) is 2.65. The highest BCUT2D eigenvalue weighted by molar-refractivity contribution is 5.65. The Kier molecular flexibility index (Phi) is 11.8. The minimum atomic E-state index is 0.829. The monoisotopic (exact) mass is 350 g/mol. The van der Waals surface area contributed by atoms with Gasteiger partial charge in [-0.25, -0.2) is 0 Å². The molecule has 26 heavy (non-hydrogen) atoms. The van der Waals surface area contributed by atoms with E-state index in [1.54, 1.807) is 0 Å². The molecule has 2 rings (SSSR count). The highest BCUT2D eigenvalue weighted by atomic mass is 15.2. The van der Waals surface area contributed by atoms with E-state index in [-0.39, 0.29) is 0 Å². The molecule has 2 aromatic carbocycles. The van der Waals surface area contributed by atoms with Crippen LogP contribution in [-0.2, 0) is 25.7 Å². The van der Waals surface area contributed by atoms with Crippen molar-refractivity contribution in [3.05, 3.63) is 70.8 Å². The SMILES string of the molecule is CC.CCCc1ccc(C/C=N/N=C/Cc2ccc(CCC)cc2)cc1. The molecule has 0 aromatic heterocycles. The van der Waals surface area contributed by atoms with Gasteiger partial charge in [0, 0.05) is 25.3 Å². The van der Waals surface area contributed by atoms with Gasteiger partial charge in [-0.3, -0.25) is 0 Å². The van der Waals surface area contributed by atoms with Crippen molar-refractivity contribution in [3.8, 4) is 0 Å². The first kappa shape index (κ1) is 21.8. The van der Waals surface area contributed by atoms with Crippen LogP contribution < -0.4 is 0 Å². The molecular formula is C24H34N2. The fraction of sp³-hybridized carbons (Fsp3) is 0.417. The molecule has 0 heterocycles. The third-order valence-electron chi connectivity index (χ3n) is 4.01. The molecule has 0 aliphatic carbocycles. The van der Waals surface area contributed by atoms with Crippen molar-refractivity contribution in [2.24, 2.45) is 10.2 Å². The lowest BCUT2D eigenvalue weighted by atomic mass is 10.1. The van der Waals surface area contributed by atoms with Crippen LogP contribution >= 0.6 is 0 Å². The number of hydrogen-bond donors (Lipinski definition) is 0. The molecule has 140 valence electrons. The third-order valence-corrected chi connectivity index (χ3v) is 4.01. The molecular weight excluding hydrogens is 316 g/mol. The highest BCUT2D eigenvalue weighted by Crippen LogP contribution is 2.07. The molecule has 0 amide bonds. The minimum Gasteiger partial charge on any atom is -0.164 e. The summed E-state index contributed by atoms with van der Waals surface area (Å²) in [4.78, 5) is 0. The second-order valence-corrected chi connectivity index (χ2v) is 6.14. The van der Waals surface area contributed by atoms with E-state index in [1.165, 1.54) is 35.1 Å². The lowest BCUT2D eigenvalue weighted by Crippen LogP contribution is -1.89. The normalized spacial score (nSPS) is 10.9. The van der Waals surface area contributed by atoms with Gasteiger partial charge in [0.2, 0.25) is 0 Å². The average Bonchev–Trinajstić information content (AvgIpc) is 2.69. The molecule has 0 saturated carbocycles. The van der Waals surface area contributed by atoms with Gasteiger partial charge in [-0.05, 0) is 35.1 Å². The van der Waals surface area contributed by atoms with Crippen molar-refractivity contribution < 1.29 is 0 Å². The van der Waals surface area contributed by atoms with Crippen molar-refractivity contribution >= 4 is 12.4 Å². The Balaban J connectivity index is 0.00000163. The van der Waals surface area contributed by atoms with Gasteiger partial charge in [0.1, 0.15) is 0 Å². The molecule has 0 unspecified atom stereocenters. The topological polar surface area (TPSA) is 24.7 Å². The van der Waals surface area contributed by atoms with E-state index < -0.39 is 0 Å². The number of benzene rings is 2. The highest BCUT2D eigenvalue weighted by Gasteiger charge is 1.94. The number of hydrogen-bond acceptors (Lipinski definition) is 2. The van der Waals surface area contributed by atoms with Crippen molar-refractivity contribution in [1.29, 1.82) is 0 Å². The van der Waals surface area contributed by atoms with Gasteiger partial charge >= 0.3 is 0 Å². The zero-order valence-corrected chi connectivity index (χ0v) is 16.9. The van der Waals surface area contributed by atoms with E-state index in [0.717, 1.165) is 25.7 Å². The first-order chi connectivity index (χ1) is 12.8. The molecule has 0 aliphatic rings. The van der Waals surface area contributed by atoms with Crippen LogP contribution in [0.5, 0.6) is 0 Å². The van der Waals surface area contributed by atoms with Crippen molar-refractivity contribution in [2.75, 3.05) is 0 Å². The Bertz CT molecular complexity index is 577. The molecule has 2 heteroatoms. The zero-order chi connectivity index (χ0) is 19.0. The molecule has 0 radical (unpaired) electrons. The standard InChI is InChI=1S/C22H28N2.C2H6/c1-3-5-19-7-11-21(12-8-19)15-17-23-24-18-16-22-13-9-20(6-4-2)10-14-22;1-2/h7-14,17-18H,3-6,15-16H2,1-2H3;1-2H3/b23-17+,24-18+;. The lowest BCUT2D eigenvalue weighted by molar-refractivity contribution is 0.921. The van der Waals surface area contributed by atoms with E-state index in [1.807, 2.05) is 26.3 Å². The van der Waals surface area contributed by atoms with Crippen LogP contribution in [0.4, 0.5) is 0 Å². The lowest BCUT2D eigenvalue weighted by Gasteiger charge is -2.00. The van der Waals surface area contributed by atoms with Crippen molar-refractivity contribution in [1.82, 2.24) is 0 Å². The Hall–Kier alpha value is -2.22. The van der Waals surface area contributed by atoms with E-state index in [4.69, 9.17) is 0 Å². The minimum absolute atomic E-state index is 0.829. The van der Waals surface area contributed by atoms with Crippen LogP contribution in [0.2, 0.25) is 0 Å². The predicted molar refractivity (Wildman–Crippen MR) is 117 cm³/mol. The summed E-state index contributed by atoms with van der Waals surface area (Å²) in [6.45, 7) is 8.41. The van der Waals surface area contributed by atoms with Gasteiger partial charge in [-0.2, -0.15) is 10.2 Å². The molecule has 0 spiro atoms. The Morgan fingerprint density at radius 3 is 1.19 bits per heavy atom. The molecule has 2 nitrogen and oxygen atoms in total. The maximum atomic E-state index is 4.13. The summed E-state index contributed by atoms with van der Waals surface area (Å²) in [6.07, 6.45) is 10.1. The quantitative estimate of drug-likeness (QED) is 0.366. The summed E-state index contributed by atoms with van der Waals surface area (Å²) in [5.74, 6) is 0. The van der Waals surface area contributed by atoms with Crippen molar-refractivity contribution in [3.63, 3.8) is 0 Å². The molecule has 0 atom stereocenters. The third kappa shape index (κ3) is 8.75. The van der Waals surface area contributed by atoms with E-state index >= 15 is 0 Å². The number of nitrogens with zero attached hydrogens (tertiary/aromatic N) is 2. The Morgan fingerprint density at radius 1 is 0.577 bits per heavy atom. The van der Waals surface area contributed by atoms with Gasteiger partial charge in [-0.1, -0.05) is 89.1 Å². The average molecular weight is 351 g/mol. The summed E-state index contributed by atoms with van der Waals surface area (Å²) in [7, 11) is 0. The predicted octanol–water partition coefficient (Wildman–Crippen LogP) is 6.46. The van der Waals surface area contributed by atoms with Gasteiger partial charge in [-0.15, -0.1) is 0 Å². The summed E-state index contributed by atoms with van der Waals surface area (Å²) in [5.41, 5.74) is 5.36. The van der Waals surface area contributed by atoms with Crippen molar-refractivity contribution in [2.45, 2.75) is 66.2 Å². The first-order valence-corrected chi connectivity index (χ1v) is 10.0. The fourth-order valence-electron chi connectivity index (χ4n) is 2.65. The summed E-state index contributed by atoms with van der Waals surface area (Å²) in [6, 6.07) is 17.5. The maximum Gasteiger partial charge on any atom is 0.0313 e. The van der Waals surface area contributed by atoms with Gasteiger partial charge in [0.25, 0.3) is 0 Å². The molecule has 2 aromatic rings. The second kappa shape index (κ2) is 14.0. The maximum absolute atomic E-state index is 4.13. The van der Waals surface area contributed by atoms with Crippen LogP contribution in [0.3, 0.4) is 0 Å². The number of rotatable bonds is 9. The Morgan fingerprint density at radius 2 is 0.885 bits per heavy atom. The smallest absolute Gasteiger partial charge is 0.0313 e. The zero-order valence-electron chi connectivity index (χ0n) is 16.9. The summed E-state index contributed by atoms with van der Waals surface area (Å²) in [5, 5.41) is 8.26. The number of aryl methyl sites for hydroxylation is 2. The van der Waals surface area contributed by atoms with Crippen LogP contribution in [0.25, 0.3) is 0 Å². The van der Waals surface area contributed by atoms with Gasteiger partial charge in [0.05, 0.1) is 0 Å². The van der Waals surface area contributed by atoms with Crippen LogP contribution in [0.15, 0.2) is 58.7 Å². The second-order valence-electron chi connectivity index (χ2n) is 6.14. The van der Waals surface area contributed by atoms with E-state index in [2.05, 4.69) is 72.6 Å². The molecule has 0 saturated heterocycles. The molecule has 0 bridgehead atoms. The molecule has 0 N–H and O–H groups in total. The molecule has 0 fully saturated rings. The van der Waals surface area contributed by atoms with E-state index in [0.29, 0.717) is 0 Å². The van der Waals surface area contributed by atoms with Crippen LogP contribution in [0.1, 0.15) is 62.8 Å². The van der Waals surface area contributed by atoms with Crippen LogP contribution in [0, 0.1) is 0 Å². The van der Waals surface area contributed by atoms with E-state index in [9.17, 15) is 0 Å². The summed E-state index contributed by atoms with van der Waals surface area (Å²) >= 11 is 0. The largest absolute Gasteiger partial charge is 0.164 e. The van der Waals surface area contributed by atoms with Crippen LogP contribution in [-0.4, -0.2) is 12.4 Å². The van der Waals surface area contributed by atoms with Gasteiger partial charge in [0.15, 0.2) is 0 Å². The Labute approximate surface area is 160 Å².